The maximum absolute atomic E-state index is 5.53. The van der Waals surface area contributed by atoms with Crippen molar-refractivity contribution in [2.45, 2.75) is 57.4 Å². The molecule has 0 spiro atoms. The average molecular weight is 255 g/mol. The molecule has 18 heavy (non-hydrogen) atoms. The standard InChI is InChI=1S/C15H29NO2/c1-17-10-7-15(8-11-18-12-9-15)13-16-14-5-3-2-4-6-14/h14,16H,2-13H2,1H3. The minimum absolute atomic E-state index is 0.422. The molecule has 0 aromatic carbocycles. The van der Waals surface area contributed by atoms with Crippen LogP contribution in [-0.4, -0.2) is 39.5 Å². The number of nitrogens with one attached hydrogen (secondary N) is 1. The summed E-state index contributed by atoms with van der Waals surface area (Å²) in [5, 5.41) is 3.83. The van der Waals surface area contributed by atoms with Crippen LogP contribution in [0.15, 0.2) is 0 Å². The van der Waals surface area contributed by atoms with Crippen molar-refractivity contribution in [1.29, 1.82) is 0 Å². The summed E-state index contributed by atoms with van der Waals surface area (Å²) in [6.07, 6.45) is 10.5. The minimum Gasteiger partial charge on any atom is -0.385 e. The molecule has 0 aromatic heterocycles. The third-order valence-electron chi connectivity index (χ3n) is 4.76. The molecule has 1 saturated carbocycles. The molecule has 2 rings (SSSR count). The Morgan fingerprint density at radius 3 is 2.56 bits per heavy atom. The van der Waals surface area contributed by atoms with E-state index in [0.29, 0.717) is 5.41 Å². The highest BCUT2D eigenvalue weighted by atomic mass is 16.5. The summed E-state index contributed by atoms with van der Waals surface area (Å²) in [7, 11) is 1.81. The molecule has 1 heterocycles. The Morgan fingerprint density at radius 2 is 1.89 bits per heavy atom. The highest BCUT2D eigenvalue weighted by Gasteiger charge is 2.32. The van der Waals surface area contributed by atoms with Gasteiger partial charge in [-0.25, -0.2) is 0 Å². The number of hydrogen-bond acceptors (Lipinski definition) is 3. The minimum atomic E-state index is 0.422. The summed E-state index contributed by atoms with van der Waals surface area (Å²) in [4.78, 5) is 0. The number of hydrogen-bond donors (Lipinski definition) is 1. The lowest BCUT2D eigenvalue weighted by Crippen LogP contribution is -2.44. The maximum Gasteiger partial charge on any atom is 0.0471 e. The largest absolute Gasteiger partial charge is 0.385 e. The van der Waals surface area contributed by atoms with Crippen LogP contribution in [-0.2, 0) is 9.47 Å². The lowest BCUT2D eigenvalue weighted by atomic mass is 9.77. The summed E-state index contributed by atoms with van der Waals surface area (Å²) < 4.78 is 10.8. The smallest absolute Gasteiger partial charge is 0.0471 e. The van der Waals surface area contributed by atoms with Crippen molar-refractivity contribution in [1.82, 2.24) is 5.32 Å². The van der Waals surface area contributed by atoms with Crippen LogP contribution < -0.4 is 5.32 Å². The summed E-state index contributed by atoms with van der Waals surface area (Å²) >= 11 is 0. The second-order valence-corrected chi connectivity index (χ2v) is 6.07. The predicted molar refractivity (Wildman–Crippen MR) is 73.9 cm³/mol. The fourth-order valence-corrected chi connectivity index (χ4v) is 3.31. The first-order valence-electron chi connectivity index (χ1n) is 7.65. The molecule has 1 aliphatic carbocycles. The molecule has 0 radical (unpaired) electrons. The van der Waals surface area contributed by atoms with Crippen LogP contribution in [0.1, 0.15) is 51.4 Å². The lowest BCUT2D eigenvalue weighted by molar-refractivity contribution is -0.00312. The SMILES string of the molecule is COCCC1(CNC2CCCCC2)CCOCC1. The van der Waals surface area contributed by atoms with E-state index in [1.165, 1.54) is 51.4 Å². The van der Waals surface area contributed by atoms with Crippen molar-refractivity contribution in [3.8, 4) is 0 Å². The normalized spacial score (nSPS) is 25.2. The molecule has 0 aromatic rings. The van der Waals surface area contributed by atoms with Crippen molar-refractivity contribution in [3.63, 3.8) is 0 Å². The van der Waals surface area contributed by atoms with Crippen LogP contribution in [0.5, 0.6) is 0 Å². The first-order chi connectivity index (χ1) is 8.85. The Morgan fingerprint density at radius 1 is 1.17 bits per heavy atom. The van der Waals surface area contributed by atoms with Crippen LogP contribution in [0, 0.1) is 5.41 Å². The molecule has 3 nitrogen and oxygen atoms in total. The molecule has 0 unspecified atom stereocenters. The fraction of sp³-hybridized carbons (Fsp3) is 1.00. The van der Waals surface area contributed by atoms with E-state index in [1.807, 2.05) is 7.11 Å². The second kappa shape index (κ2) is 7.46. The van der Waals surface area contributed by atoms with Crippen molar-refractivity contribution in [2.75, 3.05) is 33.5 Å². The van der Waals surface area contributed by atoms with Gasteiger partial charge >= 0.3 is 0 Å². The molecule has 106 valence electrons. The molecule has 1 aliphatic heterocycles. The lowest BCUT2D eigenvalue weighted by Gasteiger charge is -2.39. The van der Waals surface area contributed by atoms with E-state index in [1.54, 1.807) is 0 Å². The maximum atomic E-state index is 5.53. The zero-order valence-electron chi connectivity index (χ0n) is 11.9. The van der Waals surface area contributed by atoms with Crippen LogP contribution >= 0.6 is 0 Å². The van der Waals surface area contributed by atoms with Gasteiger partial charge in [0.25, 0.3) is 0 Å². The average Bonchev–Trinajstić information content (AvgIpc) is 2.45. The van der Waals surface area contributed by atoms with Gasteiger partial charge in [-0.1, -0.05) is 19.3 Å². The number of ether oxygens (including phenoxy) is 2. The molecule has 0 atom stereocenters. The molecule has 0 amide bonds. The zero-order valence-corrected chi connectivity index (χ0v) is 11.9. The molecule has 1 N–H and O–H groups in total. The zero-order chi connectivity index (χ0) is 12.7. The Balaban J connectivity index is 1.79. The van der Waals surface area contributed by atoms with E-state index >= 15 is 0 Å². The van der Waals surface area contributed by atoms with Crippen molar-refractivity contribution >= 4 is 0 Å². The van der Waals surface area contributed by atoms with E-state index in [0.717, 1.165) is 32.4 Å². The molecular formula is C15H29NO2. The van der Waals surface area contributed by atoms with E-state index in [4.69, 9.17) is 9.47 Å². The van der Waals surface area contributed by atoms with Gasteiger partial charge in [-0.2, -0.15) is 0 Å². The van der Waals surface area contributed by atoms with Gasteiger partial charge in [-0.3, -0.25) is 0 Å². The van der Waals surface area contributed by atoms with Gasteiger partial charge in [-0.15, -0.1) is 0 Å². The van der Waals surface area contributed by atoms with E-state index in [-0.39, 0.29) is 0 Å². The van der Waals surface area contributed by atoms with Crippen molar-refractivity contribution in [3.05, 3.63) is 0 Å². The number of rotatable bonds is 6. The Bertz CT molecular complexity index is 221. The highest BCUT2D eigenvalue weighted by Crippen LogP contribution is 2.34. The number of methoxy groups -OCH3 is 1. The topological polar surface area (TPSA) is 30.5 Å². The summed E-state index contributed by atoms with van der Waals surface area (Å²) in [5.74, 6) is 0. The first-order valence-corrected chi connectivity index (χ1v) is 7.65. The molecule has 2 aliphatic rings. The van der Waals surface area contributed by atoms with Crippen LogP contribution in [0.25, 0.3) is 0 Å². The first kappa shape index (κ1) is 14.3. The van der Waals surface area contributed by atoms with Gasteiger partial charge in [0, 0.05) is 39.5 Å². The molecule has 3 heteroatoms. The van der Waals surface area contributed by atoms with Gasteiger partial charge in [0.15, 0.2) is 0 Å². The van der Waals surface area contributed by atoms with Gasteiger partial charge < -0.3 is 14.8 Å². The molecular weight excluding hydrogens is 226 g/mol. The second-order valence-electron chi connectivity index (χ2n) is 6.07. The van der Waals surface area contributed by atoms with E-state index < -0.39 is 0 Å². The Kier molecular flexibility index (Phi) is 5.93. The summed E-state index contributed by atoms with van der Waals surface area (Å²) in [5.41, 5.74) is 0.422. The quantitative estimate of drug-likeness (QED) is 0.791. The van der Waals surface area contributed by atoms with Crippen LogP contribution in [0.4, 0.5) is 0 Å². The monoisotopic (exact) mass is 255 g/mol. The van der Waals surface area contributed by atoms with Gasteiger partial charge in [0.05, 0.1) is 0 Å². The van der Waals surface area contributed by atoms with E-state index in [9.17, 15) is 0 Å². The fourth-order valence-electron chi connectivity index (χ4n) is 3.31. The third-order valence-corrected chi connectivity index (χ3v) is 4.76. The Labute approximate surface area is 112 Å². The van der Waals surface area contributed by atoms with Crippen molar-refractivity contribution < 1.29 is 9.47 Å². The van der Waals surface area contributed by atoms with Gasteiger partial charge in [-0.05, 0) is 37.5 Å². The van der Waals surface area contributed by atoms with Crippen LogP contribution in [0.2, 0.25) is 0 Å². The summed E-state index contributed by atoms with van der Waals surface area (Å²) in [6.45, 7) is 3.89. The third kappa shape index (κ3) is 4.22. The molecule has 0 bridgehead atoms. The summed E-state index contributed by atoms with van der Waals surface area (Å²) in [6, 6.07) is 0.765. The molecule has 2 fully saturated rings. The molecule has 1 saturated heterocycles. The van der Waals surface area contributed by atoms with Crippen molar-refractivity contribution in [2.24, 2.45) is 5.41 Å². The van der Waals surface area contributed by atoms with Crippen LogP contribution in [0.3, 0.4) is 0 Å². The van der Waals surface area contributed by atoms with Gasteiger partial charge in [0.2, 0.25) is 0 Å². The van der Waals surface area contributed by atoms with Gasteiger partial charge in [0.1, 0.15) is 0 Å². The highest BCUT2D eigenvalue weighted by molar-refractivity contribution is 4.86. The van der Waals surface area contributed by atoms with E-state index in [2.05, 4.69) is 5.32 Å². The Hall–Kier alpha value is -0.120. The predicted octanol–water partition coefficient (Wildman–Crippen LogP) is 2.74.